The van der Waals surface area contributed by atoms with Crippen molar-refractivity contribution in [3.05, 3.63) is 94.1 Å². The first-order chi connectivity index (χ1) is 29.8. The third kappa shape index (κ3) is 9.94. The molecule has 0 bridgehead atoms. The molecular formula is C46H49IN12O2. The van der Waals surface area contributed by atoms with E-state index in [0.29, 0.717) is 29.4 Å². The van der Waals surface area contributed by atoms with Crippen molar-refractivity contribution in [2.24, 2.45) is 11.8 Å². The normalized spacial score (nSPS) is 18.0. The average molecular weight is 929 g/mol. The Balaban J connectivity index is 0.000000146. The summed E-state index contributed by atoms with van der Waals surface area (Å²) in [5, 5.41) is 6.97. The second-order valence-corrected chi connectivity index (χ2v) is 16.6. The lowest BCUT2D eigenvalue weighted by molar-refractivity contribution is -0.132. The van der Waals surface area contributed by atoms with Gasteiger partial charge in [-0.2, -0.15) is 0 Å². The van der Waals surface area contributed by atoms with E-state index in [1.165, 1.54) is 0 Å². The third-order valence-corrected chi connectivity index (χ3v) is 12.0. The number of hydrogen-bond acceptors (Lipinski definition) is 10. The molecule has 2 aromatic carbocycles. The molecule has 0 unspecified atom stereocenters. The molecule has 15 heteroatoms. The maximum atomic E-state index is 12.3. The Bertz CT molecular complexity index is 2600. The van der Waals surface area contributed by atoms with Crippen LogP contribution in [0.1, 0.15) is 69.3 Å². The van der Waals surface area contributed by atoms with Gasteiger partial charge in [-0.1, -0.05) is 48.2 Å². The van der Waals surface area contributed by atoms with Crippen molar-refractivity contribution in [2.75, 3.05) is 36.8 Å². The van der Waals surface area contributed by atoms with Crippen LogP contribution in [0.15, 0.2) is 73.3 Å². The lowest BCUT2D eigenvalue weighted by Crippen LogP contribution is -2.32. The van der Waals surface area contributed by atoms with Crippen LogP contribution in [0, 0.1) is 39.9 Å². The molecule has 4 fully saturated rings. The fourth-order valence-electron chi connectivity index (χ4n) is 7.64. The number of nitrogens with one attached hydrogen (secondary N) is 2. The van der Waals surface area contributed by atoms with Gasteiger partial charge in [0, 0.05) is 96.9 Å². The number of fused-ring (bicyclic) bond motifs is 2. The summed E-state index contributed by atoms with van der Waals surface area (Å²) < 4.78 is 5.00. The molecule has 4 aliphatic rings. The first kappa shape index (κ1) is 41.7. The summed E-state index contributed by atoms with van der Waals surface area (Å²) in [6.45, 7) is 8.80. The van der Waals surface area contributed by atoms with Crippen molar-refractivity contribution in [2.45, 2.75) is 77.5 Å². The number of halogens is 1. The topological polar surface area (TPSA) is 152 Å². The predicted octanol–water partition coefficient (Wildman–Crippen LogP) is 6.21. The maximum Gasteiger partial charge on any atom is 0.225 e. The van der Waals surface area contributed by atoms with Crippen LogP contribution in [0.4, 0.5) is 11.6 Å². The molecule has 6 aromatic rings. The van der Waals surface area contributed by atoms with E-state index >= 15 is 0 Å². The molecule has 14 nitrogen and oxygen atoms in total. The van der Waals surface area contributed by atoms with E-state index in [0.717, 1.165) is 121 Å². The van der Waals surface area contributed by atoms with Crippen molar-refractivity contribution in [3.8, 4) is 24.2 Å². The van der Waals surface area contributed by atoms with Crippen molar-refractivity contribution >= 4 is 68.4 Å². The molecule has 10 rings (SSSR count). The molecule has 2 saturated carbocycles. The van der Waals surface area contributed by atoms with Gasteiger partial charge in [-0.15, -0.1) is 6.42 Å². The molecule has 2 saturated heterocycles. The number of imidazole rings is 2. The molecule has 2 aliphatic carbocycles. The summed E-state index contributed by atoms with van der Waals surface area (Å²) in [4.78, 5) is 55.5. The fourth-order valence-corrected chi connectivity index (χ4v) is 8.45. The number of carbonyl (C=O) groups excluding carboxylic acids is 2. The van der Waals surface area contributed by atoms with Crippen LogP contribution in [-0.2, 0) is 22.7 Å². The van der Waals surface area contributed by atoms with Gasteiger partial charge in [0.15, 0.2) is 43.6 Å². The van der Waals surface area contributed by atoms with E-state index in [-0.39, 0.29) is 18.0 Å². The minimum Gasteiger partial charge on any atom is -0.364 e. The summed E-state index contributed by atoms with van der Waals surface area (Å²) in [7, 11) is 0. The van der Waals surface area contributed by atoms with Gasteiger partial charge in [-0.3, -0.25) is 9.59 Å². The van der Waals surface area contributed by atoms with E-state index in [1.54, 1.807) is 12.7 Å². The Kier molecular flexibility index (Phi) is 13.0. The largest absolute Gasteiger partial charge is 0.364 e. The van der Waals surface area contributed by atoms with Crippen LogP contribution in [-0.4, -0.2) is 98.9 Å². The number of aryl methyl sites for hydroxylation is 2. The summed E-state index contributed by atoms with van der Waals surface area (Å²) in [5.74, 6) is 12.2. The van der Waals surface area contributed by atoms with Crippen LogP contribution >= 0.6 is 22.6 Å². The van der Waals surface area contributed by atoms with Gasteiger partial charge in [0.05, 0.1) is 0 Å². The molecule has 2 amide bonds. The number of likely N-dealkylation sites (tertiary alicyclic amines) is 2. The van der Waals surface area contributed by atoms with Gasteiger partial charge in [0.2, 0.25) is 11.8 Å². The Morgan fingerprint density at radius 2 is 1.16 bits per heavy atom. The number of aromatic nitrogens is 8. The van der Waals surface area contributed by atoms with Crippen LogP contribution in [0.3, 0.4) is 0 Å². The highest BCUT2D eigenvalue weighted by Crippen LogP contribution is 2.34. The van der Waals surface area contributed by atoms with Crippen molar-refractivity contribution in [1.29, 1.82) is 0 Å². The third-order valence-electron chi connectivity index (χ3n) is 11.2. The van der Waals surface area contributed by atoms with Gasteiger partial charge in [0.1, 0.15) is 12.7 Å². The second kappa shape index (κ2) is 19.1. The van der Waals surface area contributed by atoms with Crippen molar-refractivity contribution < 1.29 is 9.59 Å². The fraction of sp³-hybridized carbons (Fsp3) is 0.391. The highest BCUT2D eigenvalue weighted by atomic mass is 127. The highest BCUT2D eigenvalue weighted by molar-refractivity contribution is 14.1. The molecule has 2 N–H and O–H groups in total. The maximum absolute atomic E-state index is 12.3. The SMILES string of the molecule is C#Cc1ccccc1.CCn1c(C#Cc2ccccc2)nc2c(N[C@H]3CCN(C(=O)C4CC4)C3)ncnc21.CCn1c(I)nc2c(N[C@H]3CCN(C(=O)C4CC4)C3)ncnc21. The molecule has 4 aromatic heterocycles. The van der Waals surface area contributed by atoms with E-state index in [2.05, 4.69) is 94.3 Å². The zero-order valence-corrected chi connectivity index (χ0v) is 36.6. The molecule has 0 radical (unpaired) electrons. The van der Waals surface area contributed by atoms with Crippen LogP contribution in [0.25, 0.3) is 22.3 Å². The standard InChI is InChI=1S/C23H24N6O.C15H19IN6O.C8H6/c1-2-29-19(11-8-16-6-4-3-5-7-16)27-20-21(24-15-25-22(20)29)26-18-12-13-28(14-18)23(30)17-9-10-17;1-2-22-13-11(20-15(22)16)12(17-8-18-13)19-10-5-6-21(7-10)14(23)9-3-4-9;1-2-8-6-4-3-5-7-8/h3-7,15,17-18H,2,9-10,12-14H2,1H3,(H,24,25,26);8-10H,2-7H2,1H3,(H,17,18,19);1,3-7H/t18-;10-;/m00./s1. The van der Waals surface area contributed by atoms with Gasteiger partial charge in [-0.25, -0.2) is 29.9 Å². The minimum absolute atomic E-state index is 0.177. The Hall–Kier alpha value is -6.07. The first-order valence-electron chi connectivity index (χ1n) is 21.1. The Labute approximate surface area is 369 Å². The first-order valence-corrected chi connectivity index (χ1v) is 22.2. The zero-order valence-electron chi connectivity index (χ0n) is 34.5. The number of rotatable bonds is 8. The number of nitrogens with zero attached hydrogens (tertiary/aromatic N) is 10. The number of amides is 2. The molecule has 2 atom stereocenters. The van der Waals surface area contributed by atoms with Crippen molar-refractivity contribution in [3.63, 3.8) is 0 Å². The number of terminal acetylenes is 1. The van der Waals surface area contributed by atoms with Gasteiger partial charge < -0.3 is 29.6 Å². The van der Waals surface area contributed by atoms with Crippen molar-refractivity contribution in [1.82, 2.24) is 48.8 Å². The van der Waals surface area contributed by atoms with E-state index in [1.807, 2.05) is 75.0 Å². The summed E-state index contributed by atoms with van der Waals surface area (Å²) >= 11 is 2.22. The number of hydrogen-bond donors (Lipinski definition) is 2. The van der Waals surface area contributed by atoms with Gasteiger partial charge in [0.25, 0.3) is 0 Å². The summed E-state index contributed by atoms with van der Waals surface area (Å²) in [5.41, 5.74) is 5.06. The molecule has 61 heavy (non-hydrogen) atoms. The lowest BCUT2D eigenvalue weighted by Gasteiger charge is -2.17. The van der Waals surface area contributed by atoms with E-state index in [9.17, 15) is 9.59 Å². The quantitative estimate of drug-likeness (QED) is 0.103. The van der Waals surface area contributed by atoms with Crippen LogP contribution < -0.4 is 10.6 Å². The van der Waals surface area contributed by atoms with Gasteiger partial charge in [-0.05, 0) is 82.6 Å². The minimum atomic E-state index is 0.177. The smallest absolute Gasteiger partial charge is 0.225 e. The van der Waals surface area contributed by atoms with E-state index < -0.39 is 0 Å². The molecule has 312 valence electrons. The predicted molar refractivity (Wildman–Crippen MR) is 244 cm³/mol. The molecule has 0 spiro atoms. The summed E-state index contributed by atoms with van der Waals surface area (Å²) in [6, 6.07) is 19.9. The van der Waals surface area contributed by atoms with E-state index in [4.69, 9.17) is 11.4 Å². The Morgan fingerprint density at radius 1 is 0.672 bits per heavy atom. The van der Waals surface area contributed by atoms with Crippen LogP contribution in [0.5, 0.6) is 0 Å². The second-order valence-electron chi connectivity index (χ2n) is 15.6. The van der Waals surface area contributed by atoms with Crippen LogP contribution in [0.2, 0.25) is 0 Å². The Morgan fingerprint density at radius 3 is 1.64 bits per heavy atom. The van der Waals surface area contributed by atoms with Gasteiger partial charge >= 0.3 is 0 Å². The number of carbonyl (C=O) groups is 2. The summed E-state index contributed by atoms with van der Waals surface area (Å²) in [6.07, 6.45) is 14.3. The number of anilines is 2. The number of benzene rings is 2. The zero-order chi connectivity index (χ0) is 42.3. The monoisotopic (exact) mass is 928 g/mol. The highest BCUT2D eigenvalue weighted by Gasteiger charge is 2.38. The molecule has 2 aliphatic heterocycles. The average Bonchev–Trinajstić information content (AvgIpc) is 4.16. The lowest BCUT2D eigenvalue weighted by atomic mass is 10.2. The molecule has 6 heterocycles. The molecular weight excluding hydrogens is 879 g/mol.